The van der Waals surface area contributed by atoms with Crippen LogP contribution in [0.25, 0.3) is 0 Å². The van der Waals surface area contributed by atoms with E-state index in [1.807, 2.05) is 70.2 Å². The summed E-state index contributed by atoms with van der Waals surface area (Å²) >= 11 is 12.2. The number of halogens is 2. The molecule has 0 aliphatic heterocycles. The van der Waals surface area contributed by atoms with Crippen molar-refractivity contribution in [2.45, 2.75) is 52.2 Å². The Balaban J connectivity index is 1.92. The Bertz CT molecular complexity index is 1180. The molecule has 0 spiro atoms. The molecule has 5 nitrogen and oxygen atoms in total. The van der Waals surface area contributed by atoms with E-state index in [4.69, 9.17) is 27.9 Å². The number of hydrogen-bond donors (Lipinski definition) is 1. The number of hydrogen-bond acceptors (Lipinski definition) is 3. The van der Waals surface area contributed by atoms with Crippen molar-refractivity contribution < 1.29 is 14.3 Å². The van der Waals surface area contributed by atoms with Gasteiger partial charge in [-0.15, -0.1) is 0 Å². The minimum absolute atomic E-state index is 0.219. The second-order valence-electron chi connectivity index (χ2n) is 9.79. The lowest BCUT2D eigenvalue weighted by molar-refractivity contribution is -0.143. The van der Waals surface area contributed by atoms with Crippen LogP contribution in [0.2, 0.25) is 10.0 Å². The third-order valence-corrected chi connectivity index (χ3v) is 6.20. The first-order chi connectivity index (χ1) is 17.0. The van der Waals surface area contributed by atoms with Crippen molar-refractivity contribution in [2.24, 2.45) is 0 Å². The van der Waals surface area contributed by atoms with Gasteiger partial charge in [0.2, 0.25) is 5.91 Å². The highest BCUT2D eigenvalue weighted by Crippen LogP contribution is 2.22. The summed E-state index contributed by atoms with van der Waals surface area (Å²) in [6, 6.07) is 21.4. The van der Waals surface area contributed by atoms with Gasteiger partial charge in [-0.25, -0.2) is 0 Å². The van der Waals surface area contributed by atoms with Crippen molar-refractivity contribution in [3.8, 4) is 5.75 Å². The first-order valence-electron chi connectivity index (χ1n) is 11.8. The summed E-state index contributed by atoms with van der Waals surface area (Å²) in [6.07, 6.45) is 0.363. The Kier molecular flexibility index (Phi) is 9.41. The fourth-order valence-corrected chi connectivity index (χ4v) is 3.97. The van der Waals surface area contributed by atoms with Crippen LogP contribution in [0.1, 0.15) is 37.5 Å². The number of carbonyl (C=O) groups is 2. The predicted octanol–water partition coefficient (Wildman–Crippen LogP) is 6.24. The molecule has 3 aromatic carbocycles. The first kappa shape index (κ1) is 27.6. The molecule has 3 rings (SSSR count). The van der Waals surface area contributed by atoms with Crippen LogP contribution >= 0.6 is 23.2 Å². The lowest BCUT2D eigenvalue weighted by atomic mass is 10.0. The highest BCUT2D eigenvalue weighted by Gasteiger charge is 2.32. The average Bonchev–Trinajstić information content (AvgIpc) is 2.82. The summed E-state index contributed by atoms with van der Waals surface area (Å²) in [4.78, 5) is 28.7. The van der Waals surface area contributed by atoms with E-state index in [9.17, 15) is 9.59 Å². The van der Waals surface area contributed by atoms with Crippen LogP contribution in [0.15, 0.2) is 72.8 Å². The normalized spacial score (nSPS) is 12.1. The maximum absolute atomic E-state index is 13.6. The Hall–Kier alpha value is -3.02. The van der Waals surface area contributed by atoms with Crippen LogP contribution in [0, 0.1) is 6.92 Å². The van der Waals surface area contributed by atoms with Crippen molar-refractivity contribution in [3.63, 3.8) is 0 Å². The molecule has 0 heterocycles. The fourth-order valence-electron chi connectivity index (χ4n) is 3.73. The molecule has 1 atom stereocenters. The Morgan fingerprint density at radius 2 is 1.61 bits per heavy atom. The number of benzene rings is 3. The van der Waals surface area contributed by atoms with E-state index >= 15 is 0 Å². The van der Waals surface area contributed by atoms with Gasteiger partial charge < -0.3 is 15.0 Å². The van der Waals surface area contributed by atoms with E-state index in [2.05, 4.69) is 5.32 Å². The molecule has 0 radical (unpaired) electrons. The SMILES string of the molecule is Cc1cc(OCC(=O)N(Cc2ccc(Cl)cc2)[C@H](Cc2ccccc2)C(=O)NC(C)(C)C)ccc1Cl. The predicted molar refractivity (Wildman–Crippen MR) is 146 cm³/mol. The molecule has 1 N–H and O–H groups in total. The number of aryl methyl sites for hydroxylation is 1. The fraction of sp³-hybridized carbons (Fsp3) is 0.310. The van der Waals surface area contributed by atoms with Gasteiger partial charge in [-0.3, -0.25) is 9.59 Å². The van der Waals surface area contributed by atoms with Crippen LogP contribution < -0.4 is 10.1 Å². The molecule has 0 saturated carbocycles. The van der Waals surface area contributed by atoms with E-state index in [0.717, 1.165) is 16.7 Å². The zero-order valence-corrected chi connectivity index (χ0v) is 22.6. The number of ether oxygens (including phenoxy) is 1. The number of carbonyl (C=O) groups excluding carboxylic acids is 2. The Labute approximate surface area is 223 Å². The maximum atomic E-state index is 13.6. The summed E-state index contributed by atoms with van der Waals surface area (Å²) in [5.74, 6) is 0.00833. The first-order valence-corrected chi connectivity index (χ1v) is 12.6. The van der Waals surface area contributed by atoms with Crippen LogP contribution in [0.5, 0.6) is 5.75 Å². The molecule has 0 saturated heterocycles. The lowest BCUT2D eigenvalue weighted by Gasteiger charge is -2.33. The van der Waals surface area contributed by atoms with Crippen molar-refractivity contribution in [1.82, 2.24) is 10.2 Å². The quantitative estimate of drug-likeness (QED) is 0.359. The van der Waals surface area contributed by atoms with Crippen LogP contribution in [0.3, 0.4) is 0 Å². The largest absolute Gasteiger partial charge is 0.484 e. The number of amides is 2. The van der Waals surface area contributed by atoms with Gasteiger partial charge in [0.25, 0.3) is 5.91 Å². The van der Waals surface area contributed by atoms with Gasteiger partial charge in [-0.1, -0.05) is 65.7 Å². The highest BCUT2D eigenvalue weighted by molar-refractivity contribution is 6.31. The summed E-state index contributed by atoms with van der Waals surface area (Å²) in [5.41, 5.74) is 2.20. The number of rotatable bonds is 9. The maximum Gasteiger partial charge on any atom is 0.261 e. The summed E-state index contributed by atoms with van der Waals surface area (Å²) in [7, 11) is 0. The van der Waals surface area contributed by atoms with Gasteiger partial charge in [-0.05, 0) is 74.7 Å². The molecule has 0 fully saturated rings. The van der Waals surface area contributed by atoms with Crippen molar-refractivity contribution in [3.05, 3.63) is 99.5 Å². The molecule has 0 unspecified atom stereocenters. The smallest absolute Gasteiger partial charge is 0.261 e. The Morgan fingerprint density at radius 3 is 2.22 bits per heavy atom. The lowest BCUT2D eigenvalue weighted by Crippen LogP contribution is -2.55. The van der Waals surface area contributed by atoms with Crippen molar-refractivity contribution in [1.29, 1.82) is 0 Å². The molecule has 190 valence electrons. The van der Waals surface area contributed by atoms with Gasteiger partial charge >= 0.3 is 0 Å². The van der Waals surface area contributed by atoms with Crippen LogP contribution in [0.4, 0.5) is 0 Å². The monoisotopic (exact) mass is 526 g/mol. The topological polar surface area (TPSA) is 58.6 Å². The summed E-state index contributed by atoms with van der Waals surface area (Å²) < 4.78 is 5.82. The van der Waals surface area contributed by atoms with Crippen molar-refractivity contribution in [2.75, 3.05) is 6.61 Å². The highest BCUT2D eigenvalue weighted by atomic mass is 35.5. The van der Waals surface area contributed by atoms with E-state index in [1.54, 1.807) is 35.2 Å². The van der Waals surface area contributed by atoms with Gasteiger partial charge in [0.1, 0.15) is 11.8 Å². The second-order valence-corrected chi connectivity index (χ2v) is 10.6. The standard InChI is InChI=1S/C29H32Cl2N2O3/c1-20-16-24(14-15-25(20)31)36-19-27(34)33(18-22-10-12-23(30)13-11-22)26(28(35)32-29(2,3)4)17-21-8-6-5-7-9-21/h5-16,26H,17-19H2,1-4H3,(H,32,35)/t26-/m1/s1. The molecule has 3 aromatic rings. The number of nitrogens with zero attached hydrogens (tertiary/aromatic N) is 1. The molecule has 0 aliphatic carbocycles. The minimum atomic E-state index is -0.745. The average molecular weight is 527 g/mol. The second kappa shape index (κ2) is 12.3. The molecule has 7 heteroatoms. The van der Waals surface area contributed by atoms with Crippen molar-refractivity contribution >= 4 is 35.0 Å². The third kappa shape index (κ3) is 8.28. The van der Waals surface area contributed by atoms with E-state index in [-0.39, 0.29) is 25.0 Å². The summed E-state index contributed by atoms with van der Waals surface area (Å²) in [6.45, 7) is 7.64. The third-order valence-electron chi connectivity index (χ3n) is 5.53. The Morgan fingerprint density at radius 1 is 0.944 bits per heavy atom. The van der Waals surface area contributed by atoms with Gasteiger partial charge in [0.15, 0.2) is 6.61 Å². The van der Waals surface area contributed by atoms with Crippen LogP contribution in [-0.2, 0) is 22.6 Å². The van der Waals surface area contributed by atoms with E-state index < -0.39 is 11.6 Å². The van der Waals surface area contributed by atoms with Gasteiger partial charge in [0.05, 0.1) is 0 Å². The van der Waals surface area contributed by atoms with E-state index in [1.165, 1.54) is 0 Å². The number of nitrogens with one attached hydrogen (secondary N) is 1. The minimum Gasteiger partial charge on any atom is -0.484 e. The molecule has 0 aliphatic rings. The van der Waals surface area contributed by atoms with E-state index in [0.29, 0.717) is 22.2 Å². The molecule has 2 amide bonds. The van der Waals surface area contributed by atoms with Crippen LogP contribution in [-0.4, -0.2) is 34.9 Å². The zero-order chi connectivity index (χ0) is 26.3. The molecule has 0 bridgehead atoms. The molecular formula is C29H32Cl2N2O3. The summed E-state index contributed by atoms with van der Waals surface area (Å²) in [5, 5.41) is 4.27. The zero-order valence-electron chi connectivity index (χ0n) is 21.1. The van der Waals surface area contributed by atoms with Gasteiger partial charge in [-0.2, -0.15) is 0 Å². The van der Waals surface area contributed by atoms with Gasteiger partial charge in [0, 0.05) is 28.5 Å². The molecule has 36 heavy (non-hydrogen) atoms. The molecule has 0 aromatic heterocycles. The molecular weight excluding hydrogens is 495 g/mol.